The topological polar surface area (TPSA) is 84.3 Å². The van der Waals surface area contributed by atoms with Gasteiger partial charge in [-0.3, -0.25) is 19.1 Å². The number of ketones is 1. The Morgan fingerprint density at radius 3 is 2.48 bits per heavy atom. The molecule has 0 bridgehead atoms. The molecule has 2 heterocycles. The second-order valence-electron chi connectivity index (χ2n) is 6.94. The summed E-state index contributed by atoms with van der Waals surface area (Å²) in [6, 6.07) is 9.22. The van der Waals surface area contributed by atoms with Crippen LogP contribution in [-0.2, 0) is 16.6 Å². The molecule has 1 aromatic heterocycles. The quantitative estimate of drug-likeness (QED) is 0.662. The molecule has 0 aliphatic carbocycles. The Hall–Kier alpha value is -2.96. The van der Waals surface area contributed by atoms with E-state index in [1.165, 1.54) is 4.90 Å². The predicted octanol–water partition coefficient (Wildman–Crippen LogP) is 2.10. The minimum Gasteiger partial charge on any atom is -0.335 e. The number of rotatable bonds is 4. The van der Waals surface area contributed by atoms with Crippen molar-refractivity contribution in [3.63, 3.8) is 0 Å². The highest BCUT2D eigenvalue weighted by atomic mass is 16.2. The van der Waals surface area contributed by atoms with Crippen molar-refractivity contribution in [2.75, 3.05) is 18.4 Å². The number of benzene rings is 1. The molecule has 27 heavy (non-hydrogen) atoms. The van der Waals surface area contributed by atoms with Crippen LogP contribution in [0.15, 0.2) is 30.3 Å². The fourth-order valence-corrected chi connectivity index (χ4v) is 3.49. The number of carbonyl (C=O) groups excluding carboxylic acids is 3. The number of carbonyl (C=O) groups is 3. The summed E-state index contributed by atoms with van der Waals surface area (Å²) in [4.78, 5) is 39.5. The maximum absolute atomic E-state index is 12.7. The molecular weight excluding hydrogens is 344 g/mol. The van der Waals surface area contributed by atoms with Crippen molar-refractivity contribution in [1.82, 2.24) is 14.7 Å². The zero-order valence-corrected chi connectivity index (χ0v) is 15.9. The van der Waals surface area contributed by atoms with Gasteiger partial charge in [-0.25, -0.2) is 0 Å². The van der Waals surface area contributed by atoms with Crippen LogP contribution in [0, 0.1) is 19.8 Å². The van der Waals surface area contributed by atoms with Crippen LogP contribution in [0.4, 0.5) is 5.69 Å². The van der Waals surface area contributed by atoms with Crippen molar-refractivity contribution in [3.8, 4) is 0 Å². The number of hydrogen-bond acceptors (Lipinski definition) is 4. The lowest BCUT2D eigenvalue weighted by atomic mass is 9.96. The minimum absolute atomic E-state index is 0.125. The van der Waals surface area contributed by atoms with E-state index in [4.69, 9.17) is 0 Å². The highest BCUT2D eigenvalue weighted by Crippen LogP contribution is 2.21. The Morgan fingerprint density at radius 2 is 1.85 bits per heavy atom. The molecule has 7 heteroatoms. The van der Waals surface area contributed by atoms with Gasteiger partial charge in [0.2, 0.25) is 5.91 Å². The molecule has 2 amide bonds. The van der Waals surface area contributed by atoms with Gasteiger partial charge in [0.25, 0.3) is 11.7 Å². The Kier molecular flexibility index (Phi) is 5.39. The molecule has 3 rings (SSSR count). The SMILES string of the molecule is Cc1nn(C)c(C)c1C(=O)C(=O)N1CCCC(C(=O)Nc2ccccc2)C1. The highest BCUT2D eigenvalue weighted by molar-refractivity contribution is 6.43. The number of nitrogens with one attached hydrogen (secondary N) is 1. The number of likely N-dealkylation sites (tertiary alicyclic amines) is 1. The molecule has 1 aromatic carbocycles. The van der Waals surface area contributed by atoms with Gasteiger partial charge in [-0.15, -0.1) is 0 Å². The summed E-state index contributed by atoms with van der Waals surface area (Å²) in [5, 5.41) is 7.09. The first kappa shape index (κ1) is 18.8. The molecule has 0 spiro atoms. The molecule has 1 aliphatic heterocycles. The van der Waals surface area contributed by atoms with E-state index in [9.17, 15) is 14.4 Å². The molecule has 1 unspecified atom stereocenters. The molecule has 1 aliphatic rings. The predicted molar refractivity (Wildman–Crippen MR) is 101 cm³/mol. The van der Waals surface area contributed by atoms with Gasteiger partial charge in [-0.1, -0.05) is 18.2 Å². The molecule has 1 fully saturated rings. The zero-order valence-electron chi connectivity index (χ0n) is 15.9. The normalized spacial score (nSPS) is 16.9. The van der Waals surface area contributed by atoms with Crippen LogP contribution < -0.4 is 5.32 Å². The van der Waals surface area contributed by atoms with E-state index < -0.39 is 11.7 Å². The van der Waals surface area contributed by atoms with Gasteiger partial charge in [-0.2, -0.15) is 5.10 Å². The van der Waals surface area contributed by atoms with Crippen LogP contribution in [0.2, 0.25) is 0 Å². The second kappa shape index (κ2) is 7.73. The van der Waals surface area contributed by atoms with Gasteiger partial charge in [-0.05, 0) is 38.8 Å². The molecule has 142 valence electrons. The van der Waals surface area contributed by atoms with E-state index in [2.05, 4.69) is 10.4 Å². The molecule has 0 saturated carbocycles. The summed E-state index contributed by atoms with van der Waals surface area (Å²) < 4.78 is 1.60. The number of para-hydroxylation sites is 1. The van der Waals surface area contributed by atoms with Gasteiger partial charge in [0.05, 0.1) is 17.2 Å². The van der Waals surface area contributed by atoms with E-state index in [0.717, 1.165) is 5.69 Å². The minimum atomic E-state index is -0.564. The lowest BCUT2D eigenvalue weighted by Gasteiger charge is -2.31. The number of piperidine rings is 1. The van der Waals surface area contributed by atoms with Crippen LogP contribution in [0.1, 0.15) is 34.6 Å². The summed E-state index contributed by atoms with van der Waals surface area (Å²) in [5.41, 5.74) is 2.30. The number of Topliss-reactive ketones (excluding diaryl/α,β-unsaturated/α-hetero) is 1. The molecule has 2 aromatic rings. The Labute approximate surface area is 158 Å². The van der Waals surface area contributed by atoms with Crippen molar-refractivity contribution in [2.45, 2.75) is 26.7 Å². The third-order valence-electron chi connectivity index (χ3n) is 5.05. The highest BCUT2D eigenvalue weighted by Gasteiger charge is 2.33. The maximum atomic E-state index is 12.7. The monoisotopic (exact) mass is 368 g/mol. The van der Waals surface area contributed by atoms with Crippen LogP contribution in [0.3, 0.4) is 0 Å². The van der Waals surface area contributed by atoms with Gasteiger partial charge in [0.15, 0.2) is 0 Å². The summed E-state index contributed by atoms with van der Waals surface area (Å²) >= 11 is 0. The van der Waals surface area contributed by atoms with Crippen LogP contribution in [0.5, 0.6) is 0 Å². The largest absolute Gasteiger partial charge is 0.335 e. The van der Waals surface area contributed by atoms with Gasteiger partial charge in [0, 0.05) is 31.5 Å². The Balaban J connectivity index is 1.69. The van der Waals surface area contributed by atoms with Crippen LogP contribution in [-0.4, -0.2) is 45.4 Å². The fourth-order valence-electron chi connectivity index (χ4n) is 3.49. The molecule has 1 saturated heterocycles. The number of aromatic nitrogens is 2. The van der Waals surface area contributed by atoms with E-state index >= 15 is 0 Å². The smallest absolute Gasteiger partial charge is 0.295 e. The van der Waals surface area contributed by atoms with Gasteiger partial charge >= 0.3 is 0 Å². The first-order valence-corrected chi connectivity index (χ1v) is 9.08. The number of amides is 2. The number of hydrogen-bond donors (Lipinski definition) is 1. The van der Waals surface area contributed by atoms with E-state index in [-0.39, 0.29) is 18.4 Å². The van der Waals surface area contributed by atoms with Crippen LogP contribution in [0.25, 0.3) is 0 Å². The summed E-state index contributed by atoms with van der Waals surface area (Å²) in [6.45, 7) is 4.23. The van der Waals surface area contributed by atoms with E-state index in [0.29, 0.717) is 36.3 Å². The third kappa shape index (κ3) is 3.92. The van der Waals surface area contributed by atoms with Crippen molar-refractivity contribution in [2.24, 2.45) is 13.0 Å². The molecule has 1 atom stereocenters. The lowest BCUT2D eigenvalue weighted by Crippen LogP contribution is -2.46. The Morgan fingerprint density at radius 1 is 1.15 bits per heavy atom. The summed E-state index contributed by atoms with van der Waals surface area (Å²) in [6.07, 6.45) is 1.39. The first-order valence-electron chi connectivity index (χ1n) is 9.08. The zero-order chi connectivity index (χ0) is 19.6. The maximum Gasteiger partial charge on any atom is 0.295 e. The Bertz CT molecular complexity index is 873. The average molecular weight is 368 g/mol. The first-order chi connectivity index (χ1) is 12.9. The average Bonchev–Trinajstić information content (AvgIpc) is 2.93. The van der Waals surface area contributed by atoms with Crippen molar-refractivity contribution < 1.29 is 14.4 Å². The van der Waals surface area contributed by atoms with Crippen molar-refractivity contribution in [3.05, 3.63) is 47.3 Å². The molecule has 1 N–H and O–H groups in total. The molecule has 0 radical (unpaired) electrons. The van der Waals surface area contributed by atoms with Crippen molar-refractivity contribution >= 4 is 23.3 Å². The fraction of sp³-hybridized carbons (Fsp3) is 0.400. The van der Waals surface area contributed by atoms with Gasteiger partial charge in [0.1, 0.15) is 0 Å². The van der Waals surface area contributed by atoms with Gasteiger partial charge < -0.3 is 10.2 Å². The van der Waals surface area contributed by atoms with E-state index in [1.54, 1.807) is 25.6 Å². The second-order valence-corrected chi connectivity index (χ2v) is 6.94. The third-order valence-corrected chi connectivity index (χ3v) is 5.05. The van der Waals surface area contributed by atoms with Crippen molar-refractivity contribution in [1.29, 1.82) is 0 Å². The summed E-state index contributed by atoms with van der Waals surface area (Å²) in [7, 11) is 1.74. The van der Waals surface area contributed by atoms with E-state index in [1.807, 2.05) is 30.3 Å². The number of nitrogens with zero attached hydrogens (tertiary/aromatic N) is 3. The summed E-state index contributed by atoms with van der Waals surface area (Å²) in [5.74, 6) is -1.57. The standard InChI is InChI=1S/C20H24N4O3/c1-13-17(14(2)23(3)22-13)18(25)20(27)24-11-7-8-15(12-24)19(26)21-16-9-5-4-6-10-16/h4-6,9-10,15H,7-8,11-12H2,1-3H3,(H,21,26). The number of anilines is 1. The lowest BCUT2D eigenvalue weighted by molar-refractivity contribution is -0.130. The number of aryl methyl sites for hydroxylation is 2. The molecule has 7 nitrogen and oxygen atoms in total. The van der Waals surface area contributed by atoms with Crippen LogP contribution >= 0.6 is 0 Å². The molecular formula is C20H24N4O3.